The summed E-state index contributed by atoms with van der Waals surface area (Å²) < 4.78 is 8.81. The third-order valence-electron chi connectivity index (χ3n) is 2.70. The lowest BCUT2D eigenvalue weighted by atomic mass is 9.81. The summed E-state index contributed by atoms with van der Waals surface area (Å²) in [7, 11) is 2.19. The van der Waals surface area contributed by atoms with Gasteiger partial charge in [0.1, 0.15) is 0 Å². The molecule has 88 valence electrons. The highest BCUT2D eigenvalue weighted by atomic mass is 16.5. The van der Waals surface area contributed by atoms with Gasteiger partial charge in [-0.05, 0) is 0 Å². The van der Waals surface area contributed by atoms with Crippen LogP contribution < -0.4 is 0 Å². The monoisotopic (exact) mass is 228 g/mol. The molecule has 1 aliphatic carbocycles. The number of ketones is 2. The highest BCUT2D eigenvalue weighted by Crippen LogP contribution is 2.36. The molecule has 0 spiro atoms. The maximum absolute atomic E-state index is 11.6. The fourth-order valence-corrected chi connectivity index (χ4v) is 1.77. The van der Waals surface area contributed by atoms with Gasteiger partial charge >= 0.3 is 11.9 Å². The lowest BCUT2D eigenvalue weighted by Gasteiger charge is -2.20. The summed E-state index contributed by atoms with van der Waals surface area (Å²) in [5.41, 5.74) is -1.97. The fraction of sp³-hybridized carbons (Fsp3) is 0.600. The van der Waals surface area contributed by atoms with Gasteiger partial charge in [-0.25, -0.2) is 0 Å². The molecule has 0 bridgehead atoms. The average Bonchev–Trinajstić information content (AvgIpc) is 2.56. The van der Waals surface area contributed by atoms with Crippen LogP contribution in [0.15, 0.2) is 0 Å². The molecule has 16 heavy (non-hydrogen) atoms. The molecule has 1 saturated carbocycles. The van der Waals surface area contributed by atoms with Crippen molar-refractivity contribution in [2.45, 2.75) is 19.3 Å². The van der Waals surface area contributed by atoms with Crippen molar-refractivity contribution in [2.24, 2.45) is 5.41 Å². The second-order valence-corrected chi connectivity index (χ2v) is 3.50. The van der Waals surface area contributed by atoms with Crippen molar-refractivity contribution in [1.82, 2.24) is 0 Å². The van der Waals surface area contributed by atoms with Gasteiger partial charge in [0.2, 0.25) is 0 Å². The van der Waals surface area contributed by atoms with Crippen molar-refractivity contribution in [3.05, 3.63) is 0 Å². The van der Waals surface area contributed by atoms with Crippen LogP contribution in [0.5, 0.6) is 0 Å². The lowest BCUT2D eigenvalue weighted by Crippen LogP contribution is -2.44. The molecule has 0 heterocycles. The Morgan fingerprint density at radius 1 is 1.12 bits per heavy atom. The molecule has 1 rings (SSSR count). The number of esters is 2. The van der Waals surface area contributed by atoms with E-state index in [9.17, 15) is 19.2 Å². The molecule has 0 saturated heterocycles. The van der Waals surface area contributed by atoms with E-state index in [4.69, 9.17) is 0 Å². The van der Waals surface area contributed by atoms with Gasteiger partial charge in [-0.3, -0.25) is 19.2 Å². The predicted molar refractivity (Wildman–Crippen MR) is 50.3 cm³/mol. The molecule has 0 aliphatic heterocycles. The van der Waals surface area contributed by atoms with Crippen LogP contribution in [0.3, 0.4) is 0 Å². The van der Waals surface area contributed by atoms with Gasteiger partial charge in [0.25, 0.3) is 0 Å². The van der Waals surface area contributed by atoms with E-state index >= 15 is 0 Å². The Labute approximate surface area is 91.9 Å². The topological polar surface area (TPSA) is 86.7 Å². The number of methoxy groups -OCH3 is 2. The first-order valence-corrected chi connectivity index (χ1v) is 4.71. The molecule has 0 unspecified atom stereocenters. The van der Waals surface area contributed by atoms with Gasteiger partial charge < -0.3 is 9.47 Å². The molecule has 0 aromatic carbocycles. The van der Waals surface area contributed by atoms with Crippen molar-refractivity contribution < 1.29 is 28.7 Å². The van der Waals surface area contributed by atoms with Crippen molar-refractivity contribution in [3.63, 3.8) is 0 Å². The van der Waals surface area contributed by atoms with E-state index < -0.39 is 35.3 Å². The molecule has 6 nitrogen and oxygen atoms in total. The minimum Gasteiger partial charge on any atom is -0.469 e. The largest absolute Gasteiger partial charge is 0.469 e. The summed E-state index contributed by atoms with van der Waals surface area (Å²) in [4.78, 5) is 45.9. The first-order valence-electron chi connectivity index (χ1n) is 4.71. The third kappa shape index (κ3) is 1.70. The summed E-state index contributed by atoms with van der Waals surface area (Å²) in [6.45, 7) is 0. The molecular formula is C10H12O6. The maximum atomic E-state index is 11.6. The number of Topliss-reactive ketones (excluding diaryl/α,β-unsaturated/α-hetero) is 2. The van der Waals surface area contributed by atoms with E-state index in [1.54, 1.807) is 0 Å². The van der Waals surface area contributed by atoms with E-state index in [1.807, 2.05) is 0 Å². The summed E-state index contributed by atoms with van der Waals surface area (Å²) in [5.74, 6) is -2.91. The predicted octanol–water partition coefficient (Wildman–Crippen LogP) is -0.359. The van der Waals surface area contributed by atoms with Crippen molar-refractivity contribution in [3.8, 4) is 0 Å². The fourth-order valence-electron chi connectivity index (χ4n) is 1.77. The van der Waals surface area contributed by atoms with Gasteiger partial charge in [0.15, 0.2) is 17.0 Å². The normalized spacial score (nSPS) is 18.4. The molecule has 0 N–H and O–H groups in total. The van der Waals surface area contributed by atoms with Crippen molar-refractivity contribution in [2.75, 3.05) is 14.2 Å². The highest BCUT2D eigenvalue weighted by molar-refractivity contribution is 6.27. The number of rotatable bonds is 3. The van der Waals surface area contributed by atoms with Crippen LogP contribution in [0.2, 0.25) is 0 Å². The van der Waals surface area contributed by atoms with Gasteiger partial charge in [-0.2, -0.15) is 0 Å². The Morgan fingerprint density at radius 2 is 1.62 bits per heavy atom. The van der Waals surface area contributed by atoms with Crippen LogP contribution in [-0.4, -0.2) is 37.7 Å². The number of hydrogen-bond acceptors (Lipinski definition) is 6. The molecule has 0 aromatic heterocycles. The quantitative estimate of drug-likeness (QED) is 0.484. The Hall–Kier alpha value is -1.72. The van der Waals surface area contributed by atoms with Crippen LogP contribution in [0.4, 0.5) is 0 Å². The van der Waals surface area contributed by atoms with E-state index in [0.29, 0.717) is 0 Å². The van der Waals surface area contributed by atoms with E-state index in [1.165, 1.54) is 0 Å². The Kier molecular flexibility index (Phi) is 3.41. The maximum Gasteiger partial charge on any atom is 0.327 e. The second-order valence-electron chi connectivity index (χ2n) is 3.50. The van der Waals surface area contributed by atoms with Crippen LogP contribution in [-0.2, 0) is 28.7 Å². The molecule has 0 amide bonds. The zero-order valence-electron chi connectivity index (χ0n) is 9.07. The second kappa shape index (κ2) is 4.42. The first kappa shape index (κ1) is 12.4. The third-order valence-corrected chi connectivity index (χ3v) is 2.70. The number of ether oxygens (including phenoxy) is 2. The lowest BCUT2D eigenvalue weighted by molar-refractivity contribution is -0.165. The smallest absolute Gasteiger partial charge is 0.327 e. The van der Waals surface area contributed by atoms with Crippen LogP contribution >= 0.6 is 0 Å². The molecule has 0 atom stereocenters. The summed E-state index contributed by atoms with van der Waals surface area (Å²) >= 11 is 0. The molecule has 6 heteroatoms. The Balaban J connectivity index is 3.11. The van der Waals surface area contributed by atoms with Gasteiger partial charge in [0, 0.05) is 12.8 Å². The first-order chi connectivity index (χ1) is 7.48. The van der Waals surface area contributed by atoms with Crippen molar-refractivity contribution in [1.29, 1.82) is 0 Å². The van der Waals surface area contributed by atoms with Crippen LogP contribution in [0.1, 0.15) is 19.3 Å². The minimum absolute atomic E-state index is 0.0368. The van der Waals surface area contributed by atoms with Crippen molar-refractivity contribution >= 4 is 23.5 Å². The minimum atomic E-state index is -1.97. The van der Waals surface area contributed by atoms with E-state index in [2.05, 4.69) is 9.47 Å². The summed E-state index contributed by atoms with van der Waals surface area (Å²) in [6.07, 6.45) is -0.649. The summed E-state index contributed by atoms with van der Waals surface area (Å²) in [5, 5.41) is 0. The SMILES string of the molecule is COC(=O)CC1(C(=O)OC)C(=O)CCC1=O. The van der Waals surface area contributed by atoms with Gasteiger partial charge in [-0.15, -0.1) is 0 Å². The molecule has 1 fully saturated rings. The van der Waals surface area contributed by atoms with Crippen LogP contribution in [0, 0.1) is 5.41 Å². The molecular weight excluding hydrogens is 216 g/mol. The number of carbonyl (C=O) groups excluding carboxylic acids is 4. The standard InChI is InChI=1S/C10H12O6/c1-15-8(13)5-10(9(14)16-2)6(11)3-4-7(10)12/h3-5H2,1-2H3. The molecule has 1 aliphatic rings. The van der Waals surface area contributed by atoms with E-state index in [-0.39, 0.29) is 12.8 Å². The Bertz CT molecular complexity index is 340. The molecule has 0 aromatic rings. The van der Waals surface area contributed by atoms with Gasteiger partial charge in [0.05, 0.1) is 20.6 Å². The Morgan fingerprint density at radius 3 is 2.00 bits per heavy atom. The number of hydrogen-bond donors (Lipinski definition) is 0. The van der Waals surface area contributed by atoms with Crippen LogP contribution in [0.25, 0.3) is 0 Å². The zero-order valence-corrected chi connectivity index (χ0v) is 9.07. The summed E-state index contributed by atoms with van der Waals surface area (Å²) in [6, 6.07) is 0. The highest BCUT2D eigenvalue weighted by Gasteiger charge is 2.58. The zero-order chi connectivity index (χ0) is 12.3. The van der Waals surface area contributed by atoms with E-state index in [0.717, 1.165) is 14.2 Å². The average molecular weight is 228 g/mol. The van der Waals surface area contributed by atoms with Gasteiger partial charge in [-0.1, -0.05) is 0 Å². The molecule has 0 radical (unpaired) electrons. The number of carbonyl (C=O) groups is 4.